The smallest absolute Gasteiger partial charge is 0.121 e. The zero-order valence-electron chi connectivity index (χ0n) is 14.6. The van der Waals surface area contributed by atoms with E-state index >= 15 is 0 Å². The predicted octanol–water partition coefficient (Wildman–Crippen LogP) is 4.20. The molecule has 1 N–H and O–H groups in total. The molecular weight excluding hydrogens is 320 g/mol. The molecule has 0 radical (unpaired) electrons. The van der Waals surface area contributed by atoms with Gasteiger partial charge in [-0.1, -0.05) is 18.7 Å². The number of ether oxygens (including phenoxy) is 1. The zero-order valence-corrected chi connectivity index (χ0v) is 15.4. The average molecular weight is 344 g/mol. The van der Waals surface area contributed by atoms with Gasteiger partial charge in [0.1, 0.15) is 11.5 Å². The first-order chi connectivity index (χ1) is 11.5. The molecule has 2 aromatic rings. The van der Waals surface area contributed by atoms with Crippen molar-refractivity contribution in [3.05, 3.63) is 36.4 Å². The Kier molecular flexibility index (Phi) is 4.92. The fourth-order valence-corrected chi connectivity index (χ4v) is 4.28. The molecule has 0 amide bonds. The molecule has 1 aliphatic heterocycles. The highest BCUT2D eigenvalue weighted by atomic mass is 32.2. The van der Waals surface area contributed by atoms with Crippen LogP contribution >= 0.6 is 11.8 Å². The van der Waals surface area contributed by atoms with Crippen molar-refractivity contribution >= 4 is 23.1 Å². The Bertz CT molecular complexity index is 733. The highest BCUT2D eigenvalue weighted by Crippen LogP contribution is 2.50. The first-order valence-electron chi connectivity index (χ1n) is 8.09. The van der Waals surface area contributed by atoms with Gasteiger partial charge in [-0.15, -0.1) is 0 Å². The molecule has 0 spiro atoms. The first kappa shape index (κ1) is 17.0. The number of anilines is 2. The van der Waals surface area contributed by atoms with Crippen LogP contribution in [0.25, 0.3) is 0 Å². The van der Waals surface area contributed by atoms with Gasteiger partial charge in [-0.2, -0.15) is 0 Å². The number of phenols is 1. The van der Waals surface area contributed by atoms with E-state index in [1.807, 2.05) is 18.2 Å². The Morgan fingerprint density at radius 2 is 1.92 bits per heavy atom. The Hall–Kier alpha value is -1.85. The van der Waals surface area contributed by atoms with Gasteiger partial charge in [0, 0.05) is 28.9 Å². The number of fused-ring (bicyclic) bond motifs is 2. The van der Waals surface area contributed by atoms with E-state index in [0.29, 0.717) is 11.7 Å². The summed E-state index contributed by atoms with van der Waals surface area (Å²) in [5.41, 5.74) is 2.31. The highest BCUT2D eigenvalue weighted by Gasteiger charge is 2.25. The quantitative estimate of drug-likeness (QED) is 0.879. The van der Waals surface area contributed by atoms with Crippen molar-refractivity contribution in [2.45, 2.75) is 16.7 Å². The van der Waals surface area contributed by atoms with Crippen LogP contribution in [0.4, 0.5) is 11.4 Å². The van der Waals surface area contributed by atoms with E-state index in [9.17, 15) is 5.11 Å². The number of methoxy groups -OCH3 is 1. The Morgan fingerprint density at radius 1 is 1.12 bits per heavy atom. The maximum atomic E-state index is 9.85. The lowest BCUT2D eigenvalue weighted by Gasteiger charge is -2.35. The highest BCUT2D eigenvalue weighted by molar-refractivity contribution is 7.99. The lowest BCUT2D eigenvalue weighted by Crippen LogP contribution is -2.31. The van der Waals surface area contributed by atoms with Gasteiger partial charge >= 0.3 is 0 Å². The van der Waals surface area contributed by atoms with Crippen molar-refractivity contribution in [3.63, 3.8) is 0 Å². The van der Waals surface area contributed by atoms with E-state index in [2.05, 4.69) is 43.0 Å². The fourth-order valence-electron chi connectivity index (χ4n) is 3.17. The van der Waals surface area contributed by atoms with Crippen LogP contribution in [0.3, 0.4) is 0 Å². The summed E-state index contributed by atoms with van der Waals surface area (Å²) in [5.74, 6) is 1.67. The standard InChI is InChI=1S/C19H24N2O2S/c1-13(11-20(2)3)12-21-16-7-5-14(22)9-19(16)24-18-8-6-15(23-4)10-17(18)21/h5-10,13,22H,11-12H2,1-4H3/t13-/m1/s1. The molecule has 0 bridgehead atoms. The van der Waals surface area contributed by atoms with Gasteiger partial charge in [0.2, 0.25) is 0 Å². The fraction of sp³-hybridized carbons (Fsp3) is 0.368. The molecule has 0 saturated carbocycles. The van der Waals surface area contributed by atoms with Crippen LogP contribution < -0.4 is 9.64 Å². The van der Waals surface area contributed by atoms with Crippen molar-refractivity contribution in [3.8, 4) is 11.5 Å². The summed E-state index contributed by atoms with van der Waals surface area (Å²) >= 11 is 1.69. The number of hydrogen-bond acceptors (Lipinski definition) is 5. The summed E-state index contributed by atoms with van der Waals surface area (Å²) in [6.45, 7) is 4.20. The van der Waals surface area contributed by atoms with Crippen LogP contribution in [-0.2, 0) is 0 Å². The molecule has 24 heavy (non-hydrogen) atoms. The molecule has 128 valence electrons. The molecule has 0 fully saturated rings. The average Bonchev–Trinajstić information content (AvgIpc) is 2.53. The van der Waals surface area contributed by atoms with Crippen molar-refractivity contribution in [1.82, 2.24) is 4.90 Å². The second-order valence-electron chi connectivity index (χ2n) is 6.57. The van der Waals surface area contributed by atoms with Gasteiger partial charge in [-0.25, -0.2) is 0 Å². The largest absolute Gasteiger partial charge is 0.508 e. The van der Waals surface area contributed by atoms with Crippen molar-refractivity contribution in [1.29, 1.82) is 0 Å². The monoisotopic (exact) mass is 344 g/mol. The molecule has 1 atom stereocenters. The lowest BCUT2D eigenvalue weighted by molar-refractivity contribution is 0.342. The molecule has 0 saturated heterocycles. The predicted molar refractivity (Wildman–Crippen MR) is 99.9 cm³/mol. The van der Waals surface area contributed by atoms with Crippen LogP contribution in [0.5, 0.6) is 11.5 Å². The maximum absolute atomic E-state index is 9.85. The summed E-state index contributed by atoms with van der Waals surface area (Å²) in [6.07, 6.45) is 0. The zero-order chi connectivity index (χ0) is 17.3. The number of nitrogens with zero attached hydrogens (tertiary/aromatic N) is 2. The van der Waals surface area contributed by atoms with E-state index in [1.54, 1.807) is 24.9 Å². The summed E-state index contributed by atoms with van der Waals surface area (Å²) in [6, 6.07) is 11.8. The Morgan fingerprint density at radius 3 is 2.62 bits per heavy atom. The van der Waals surface area contributed by atoms with Crippen molar-refractivity contribution < 1.29 is 9.84 Å². The summed E-state index contributed by atoms with van der Waals surface area (Å²) < 4.78 is 5.42. The van der Waals surface area contributed by atoms with Gasteiger partial charge in [-0.3, -0.25) is 0 Å². The minimum Gasteiger partial charge on any atom is -0.508 e. The molecule has 2 aromatic carbocycles. The second-order valence-corrected chi connectivity index (χ2v) is 7.65. The topological polar surface area (TPSA) is 35.9 Å². The van der Waals surface area contributed by atoms with Gasteiger partial charge in [0.15, 0.2) is 0 Å². The molecule has 4 nitrogen and oxygen atoms in total. The van der Waals surface area contributed by atoms with Gasteiger partial charge in [0.05, 0.1) is 18.5 Å². The molecule has 1 aliphatic rings. The first-order valence-corrected chi connectivity index (χ1v) is 8.90. The number of hydrogen-bond donors (Lipinski definition) is 1. The van der Waals surface area contributed by atoms with Gasteiger partial charge < -0.3 is 19.6 Å². The molecule has 3 rings (SSSR count). The second kappa shape index (κ2) is 6.95. The summed E-state index contributed by atoms with van der Waals surface area (Å²) in [5, 5.41) is 9.85. The van der Waals surface area contributed by atoms with E-state index in [0.717, 1.165) is 29.4 Å². The van der Waals surface area contributed by atoms with Crippen LogP contribution in [0.15, 0.2) is 46.2 Å². The van der Waals surface area contributed by atoms with Gasteiger partial charge in [0.25, 0.3) is 0 Å². The van der Waals surface area contributed by atoms with E-state index in [-0.39, 0.29) is 0 Å². The Balaban J connectivity index is 2.01. The van der Waals surface area contributed by atoms with E-state index < -0.39 is 0 Å². The minimum atomic E-state index is 0.305. The SMILES string of the molecule is COc1ccc2c(c1)N(C[C@H](C)CN(C)C)c1ccc(O)cc1S2. The number of aromatic hydroxyl groups is 1. The molecule has 0 aromatic heterocycles. The molecular formula is C19H24N2O2S. The Labute approximate surface area is 148 Å². The van der Waals surface area contributed by atoms with E-state index in [1.165, 1.54) is 10.6 Å². The molecule has 0 unspecified atom stereocenters. The molecule has 0 aliphatic carbocycles. The third kappa shape index (κ3) is 3.47. The van der Waals surface area contributed by atoms with Crippen molar-refractivity contribution in [2.24, 2.45) is 5.92 Å². The third-order valence-electron chi connectivity index (χ3n) is 4.08. The molecule has 5 heteroatoms. The normalized spacial score (nSPS) is 14.3. The minimum absolute atomic E-state index is 0.305. The number of phenolic OH excluding ortho intramolecular Hbond substituents is 1. The van der Waals surface area contributed by atoms with Crippen molar-refractivity contribution in [2.75, 3.05) is 39.2 Å². The summed E-state index contributed by atoms with van der Waals surface area (Å²) in [4.78, 5) is 6.83. The van der Waals surface area contributed by atoms with Gasteiger partial charge in [-0.05, 0) is 50.3 Å². The van der Waals surface area contributed by atoms with E-state index in [4.69, 9.17) is 4.74 Å². The maximum Gasteiger partial charge on any atom is 0.121 e. The number of rotatable bonds is 5. The van der Waals surface area contributed by atoms with Crippen LogP contribution in [-0.4, -0.2) is 44.3 Å². The third-order valence-corrected chi connectivity index (χ3v) is 5.19. The molecule has 1 heterocycles. The lowest BCUT2D eigenvalue weighted by atomic mass is 10.1. The summed E-state index contributed by atoms with van der Waals surface area (Å²) in [7, 11) is 5.90. The van der Waals surface area contributed by atoms with Crippen LogP contribution in [0, 0.1) is 5.92 Å². The van der Waals surface area contributed by atoms with Crippen LogP contribution in [0.1, 0.15) is 6.92 Å². The van der Waals surface area contributed by atoms with Crippen LogP contribution in [0.2, 0.25) is 0 Å². The number of benzene rings is 2.